The lowest BCUT2D eigenvalue weighted by molar-refractivity contribution is -0.137. The SMILES string of the molecule is O=C(O)CC1Cc2cc(F)ccc2N1. The maximum atomic E-state index is 12.8. The standard InChI is InChI=1S/C10H10FNO2/c11-7-1-2-9-6(3-7)4-8(12-9)5-10(13)14/h1-3,8,12H,4-5H2,(H,13,14). The molecule has 0 fully saturated rings. The first-order valence-corrected chi connectivity index (χ1v) is 4.42. The Morgan fingerprint density at radius 3 is 3.14 bits per heavy atom. The monoisotopic (exact) mass is 195 g/mol. The largest absolute Gasteiger partial charge is 0.481 e. The van der Waals surface area contributed by atoms with Gasteiger partial charge in [0.1, 0.15) is 5.82 Å². The predicted molar refractivity (Wildman–Crippen MR) is 49.8 cm³/mol. The lowest BCUT2D eigenvalue weighted by Crippen LogP contribution is -2.19. The second kappa shape index (κ2) is 3.29. The molecule has 1 unspecified atom stereocenters. The summed E-state index contributed by atoms with van der Waals surface area (Å²) in [6.07, 6.45) is 0.649. The minimum Gasteiger partial charge on any atom is -0.481 e. The van der Waals surface area contributed by atoms with Crippen molar-refractivity contribution in [2.75, 3.05) is 5.32 Å². The Hall–Kier alpha value is -1.58. The first-order chi connectivity index (χ1) is 6.65. The van der Waals surface area contributed by atoms with E-state index >= 15 is 0 Å². The number of nitrogens with one attached hydrogen (secondary N) is 1. The molecule has 0 saturated heterocycles. The van der Waals surface area contributed by atoms with Crippen molar-refractivity contribution in [1.82, 2.24) is 0 Å². The first-order valence-electron chi connectivity index (χ1n) is 4.42. The number of carboxylic acids is 1. The van der Waals surface area contributed by atoms with Gasteiger partial charge < -0.3 is 10.4 Å². The van der Waals surface area contributed by atoms with Crippen LogP contribution in [0.25, 0.3) is 0 Å². The fraction of sp³-hybridized carbons (Fsp3) is 0.300. The quantitative estimate of drug-likeness (QED) is 0.754. The Kier molecular flexibility index (Phi) is 2.11. The number of benzene rings is 1. The Bertz CT molecular complexity index is 378. The van der Waals surface area contributed by atoms with Crippen LogP contribution in [0.1, 0.15) is 12.0 Å². The highest BCUT2D eigenvalue weighted by molar-refractivity contribution is 5.70. The molecule has 2 N–H and O–H groups in total. The highest BCUT2D eigenvalue weighted by Crippen LogP contribution is 2.27. The lowest BCUT2D eigenvalue weighted by Gasteiger charge is -2.06. The molecule has 0 radical (unpaired) electrons. The van der Waals surface area contributed by atoms with Crippen LogP contribution in [0.3, 0.4) is 0 Å². The van der Waals surface area contributed by atoms with Gasteiger partial charge in [0.2, 0.25) is 0 Å². The Balaban J connectivity index is 2.14. The Morgan fingerprint density at radius 1 is 1.64 bits per heavy atom. The van der Waals surface area contributed by atoms with Crippen molar-refractivity contribution in [2.24, 2.45) is 0 Å². The summed E-state index contributed by atoms with van der Waals surface area (Å²) in [5.74, 6) is -1.11. The van der Waals surface area contributed by atoms with Crippen molar-refractivity contribution in [2.45, 2.75) is 18.9 Å². The summed E-state index contributed by atoms with van der Waals surface area (Å²) in [6.45, 7) is 0. The smallest absolute Gasteiger partial charge is 0.305 e. The average Bonchev–Trinajstić information content (AvgIpc) is 2.44. The summed E-state index contributed by atoms with van der Waals surface area (Å²) < 4.78 is 12.8. The summed E-state index contributed by atoms with van der Waals surface area (Å²) in [6, 6.07) is 4.36. The van der Waals surface area contributed by atoms with Crippen molar-refractivity contribution >= 4 is 11.7 Å². The minimum atomic E-state index is -0.837. The fourth-order valence-electron chi connectivity index (χ4n) is 1.74. The van der Waals surface area contributed by atoms with Crippen molar-refractivity contribution < 1.29 is 14.3 Å². The summed E-state index contributed by atoms with van der Waals surface area (Å²) in [7, 11) is 0. The van der Waals surface area contributed by atoms with E-state index in [1.165, 1.54) is 12.1 Å². The molecule has 4 heteroatoms. The highest BCUT2D eigenvalue weighted by Gasteiger charge is 2.22. The molecule has 0 spiro atoms. The number of carbonyl (C=O) groups is 1. The fourth-order valence-corrected chi connectivity index (χ4v) is 1.74. The van der Waals surface area contributed by atoms with Crippen LogP contribution >= 0.6 is 0 Å². The molecule has 2 rings (SSSR count). The molecule has 0 bridgehead atoms. The number of halogens is 1. The third-order valence-corrected chi connectivity index (χ3v) is 2.31. The first kappa shape index (κ1) is 8.99. The van der Waals surface area contributed by atoms with E-state index in [1.54, 1.807) is 6.07 Å². The topological polar surface area (TPSA) is 49.3 Å². The molecule has 1 atom stereocenters. The summed E-state index contributed by atoms with van der Waals surface area (Å²) in [4.78, 5) is 10.5. The molecule has 1 aliphatic heterocycles. The highest BCUT2D eigenvalue weighted by atomic mass is 19.1. The maximum Gasteiger partial charge on any atom is 0.305 e. The maximum absolute atomic E-state index is 12.8. The minimum absolute atomic E-state index is 0.0658. The zero-order valence-corrected chi connectivity index (χ0v) is 7.46. The van der Waals surface area contributed by atoms with E-state index < -0.39 is 5.97 Å². The molecule has 0 aromatic heterocycles. The van der Waals surface area contributed by atoms with Crippen LogP contribution < -0.4 is 5.32 Å². The van der Waals surface area contributed by atoms with Gasteiger partial charge in [0.25, 0.3) is 0 Å². The third-order valence-electron chi connectivity index (χ3n) is 2.31. The molecule has 1 aromatic carbocycles. The average molecular weight is 195 g/mol. The van der Waals surface area contributed by atoms with Crippen LogP contribution in [0, 0.1) is 5.82 Å². The molecule has 14 heavy (non-hydrogen) atoms. The number of hydrogen-bond acceptors (Lipinski definition) is 2. The number of rotatable bonds is 2. The van der Waals surface area contributed by atoms with E-state index in [0.717, 1.165) is 11.3 Å². The van der Waals surface area contributed by atoms with E-state index in [4.69, 9.17) is 5.11 Å². The molecule has 1 aliphatic rings. The van der Waals surface area contributed by atoms with Crippen LogP contribution in [0.5, 0.6) is 0 Å². The number of anilines is 1. The van der Waals surface area contributed by atoms with Gasteiger partial charge >= 0.3 is 5.97 Å². The molecule has 1 aromatic rings. The van der Waals surface area contributed by atoms with Crippen molar-refractivity contribution in [3.63, 3.8) is 0 Å². The van der Waals surface area contributed by atoms with Gasteiger partial charge in [-0.3, -0.25) is 4.79 Å². The number of hydrogen-bond donors (Lipinski definition) is 2. The molecule has 0 amide bonds. The van der Waals surface area contributed by atoms with Crippen LogP contribution in [0.15, 0.2) is 18.2 Å². The van der Waals surface area contributed by atoms with Crippen molar-refractivity contribution in [3.8, 4) is 0 Å². The van der Waals surface area contributed by atoms with Gasteiger partial charge in [0.15, 0.2) is 0 Å². The molecule has 0 saturated carbocycles. The van der Waals surface area contributed by atoms with Gasteiger partial charge in [-0.25, -0.2) is 4.39 Å². The van der Waals surface area contributed by atoms with E-state index in [2.05, 4.69) is 5.32 Å². The van der Waals surface area contributed by atoms with Crippen LogP contribution in [-0.4, -0.2) is 17.1 Å². The molecule has 74 valence electrons. The second-order valence-corrected chi connectivity index (χ2v) is 3.44. The van der Waals surface area contributed by atoms with Gasteiger partial charge in [0, 0.05) is 11.7 Å². The summed E-state index contributed by atoms with van der Waals surface area (Å²) in [5, 5.41) is 11.6. The lowest BCUT2D eigenvalue weighted by atomic mass is 10.1. The van der Waals surface area contributed by atoms with Crippen molar-refractivity contribution in [1.29, 1.82) is 0 Å². The summed E-state index contributed by atoms with van der Waals surface area (Å²) >= 11 is 0. The number of carboxylic acid groups (broad SMARTS) is 1. The summed E-state index contributed by atoms with van der Waals surface area (Å²) in [5.41, 5.74) is 1.70. The Labute approximate surface area is 80.6 Å². The van der Waals surface area contributed by atoms with Gasteiger partial charge in [0.05, 0.1) is 6.42 Å². The van der Waals surface area contributed by atoms with Gasteiger partial charge in [-0.1, -0.05) is 0 Å². The van der Waals surface area contributed by atoms with Gasteiger partial charge in [-0.05, 0) is 30.2 Å². The van der Waals surface area contributed by atoms with E-state index in [9.17, 15) is 9.18 Å². The number of fused-ring (bicyclic) bond motifs is 1. The second-order valence-electron chi connectivity index (χ2n) is 3.44. The molecule has 0 aliphatic carbocycles. The Morgan fingerprint density at radius 2 is 2.43 bits per heavy atom. The zero-order chi connectivity index (χ0) is 10.1. The van der Waals surface area contributed by atoms with Crippen LogP contribution in [-0.2, 0) is 11.2 Å². The number of aliphatic carboxylic acids is 1. The van der Waals surface area contributed by atoms with E-state index in [1.807, 2.05) is 0 Å². The third kappa shape index (κ3) is 1.69. The van der Waals surface area contributed by atoms with Gasteiger partial charge in [-0.2, -0.15) is 0 Å². The normalized spacial score (nSPS) is 18.8. The van der Waals surface area contributed by atoms with Crippen LogP contribution in [0.4, 0.5) is 10.1 Å². The van der Waals surface area contributed by atoms with E-state index in [-0.39, 0.29) is 18.3 Å². The van der Waals surface area contributed by atoms with Crippen molar-refractivity contribution in [3.05, 3.63) is 29.6 Å². The van der Waals surface area contributed by atoms with Gasteiger partial charge in [-0.15, -0.1) is 0 Å². The zero-order valence-electron chi connectivity index (χ0n) is 7.46. The molecular weight excluding hydrogens is 185 g/mol. The predicted octanol–water partition coefficient (Wildman–Crippen LogP) is 1.64. The molecule has 3 nitrogen and oxygen atoms in total. The van der Waals surface area contributed by atoms with Crippen LogP contribution in [0.2, 0.25) is 0 Å². The molecule has 1 heterocycles. The molecular formula is C10H10FNO2. The van der Waals surface area contributed by atoms with E-state index in [0.29, 0.717) is 6.42 Å².